The van der Waals surface area contributed by atoms with Gasteiger partial charge in [0.05, 0.1) is 18.1 Å². The third kappa shape index (κ3) is 3.57. The second-order valence-electron chi connectivity index (χ2n) is 2.61. The van der Waals surface area contributed by atoms with Gasteiger partial charge in [-0.3, -0.25) is 10.1 Å². The van der Waals surface area contributed by atoms with Crippen molar-refractivity contribution in [3.8, 4) is 11.6 Å². The van der Waals surface area contributed by atoms with Crippen LogP contribution in [0, 0.1) is 13.8 Å². The molecule has 0 saturated carbocycles. The van der Waals surface area contributed by atoms with Crippen molar-refractivity contribution in [3.05, 3.63) is 19.9 Å². The van der Waals surface area contributed by atoms with Crippen molar-refractivity contribution in [2.24, 2.45) is 0 Å². The molecule has 0 aliphatic heterocycles. The molecule has 0 bridgehead atoms. The lowest BCUT2D eigenvalue weighted by molar-refractivity contribution is -0.388. The summed E-state index contributed by atoms with van der Waals surface area (Å²) in [6, 6.07) is 0.753. The van der Waals surface area contributed by atoms with Gasteiger partial charge in [-0.1, -0.05) is 0 Å². The predicted molar refractivity (Wildman–Crippen MR) is 56.8 cm³/mol. The van der Waals surface area contributed by atoms with Crippen molar-refractivity contribution in [1.29, 1.82) is 0 Å². The molecule has 1 aromatic heterocycles. The van der Waals surface area contributed by atoms with E-state index in [0.29, 0.717) is 0 Å². The Morgan fingerprint density at radius 1 is 1.53 bits per heavy atom. The molecule has 0 radical (unpaired) electrons. The normalized spacial score (nSPS) is 11.1. The first kappa shape index (κ1) is 13.7. The van der Waals surface area contributed by atoms with Crippen LogP contribution in [-0.2, 0) is 0 Å². The van der Waals surface area contributed by atoms with Gasteiger partial charge in [0, 0.05) is 0 Å². The number of nitro groups is 1. The molecule has 0 aromatic carbocycles. The summed E-state index contributed by atoms with van der Waals surface area (Å²) in [6.07, 6.45) is -5.03. The van der Waals surface area contributed by atoms with Gasteiger partial charge in [0.25, 0.3) is 0 Å². The van der Waals surface area contributed by atoms with E-state index in [4.69, 9.17) is 0 Å². The van der Waals surface area contributed by atoms with E-state index < -0.39 is 22.7 Å². The van der Waals surface area contributed by atoms with Gasteiger partial charge in [0.1, 0.15) is 0 Å². The Balaban J connectivity index is 3.32. The molecule has 17 heavy (non-hydrogen) atoms. The van der Waals surface area contributed by atoms with Crippen molar-refractivity contribution in [1.82, 2.24) is 4.98 Å². The monoisotopic (exact) mass is 364 g/mol. The van der Waals surface area contributed by atoms with Gasteiger partial charge in [0.15, 0.2) is 3.70 Å². The van der Waals surface area contributed by atoms with Crippen LogP contribution in [0.5, 0.6) is 11.6 Å². The molecule has 0 unspecified atom stereocenters. The highest BCUT2D eigenvalue weighted by molar-refractivity contribution is 14.1. The van der Waals surface area contributed by atoms with Gasteiger partial charge in [-0.15, -0.1) is 13.2 Å². The second-order valence-corrected chi connectivity index (χ2v) is 3.63. The average molecular weight is 364 g/mol. The zero-order valence-corrected chi connectivity index (χ0v) is 10.3. The summed E-state index contributed by atoms with van der Waals surface area (Å²) < 4.78 is 44.0. The first-order valence-corrected chi connectivity index (χ1v) is 4.97. The van der Waals surface area contributed by atoms with Crippen LogP contribution in [0.1, 0.15) is 0 Å². The molecule has 1 rings (SSSR count). The highest BCUT2D eigenvalue weighted by Crippen LogP contribution is 2.37. The highest BCUT2D eigenvalue weighted by Gasteiger charge is 2.36. The van der Waals surface area contributed by atoms with Gasteiger partial charge in [-0.2, -0.15) is 0 Å². The maximum Gasteiger partial charge on any atom is 0.573 e. The molecule has 1 heterocycles. The van der Waals surface area contributed by atoms with E-state index in [1.165, 1.54) is 29.7 Å². The number of nitrogens with zero attached hydrogens (tertiary/aromatic N) is 2. The summed E-state index contributed by atoms with van der Waals surface area (Å²) in [4.78, 5) is 13.1. The maximum absolute atomic E-state index is 12.0. The smallest absolute Gasteiger partial charge is 0.481 e. The largest absolute Gasteiger partial charge is 0.573 e. The first-order valence-electron chi connectivity index (χ1n) is 3.89. The Morgan fingerprint density at radius 3 is 2.53 bits per heavy atom. The number of pyridine rings is 1. The predicted octanol–water partition coefficient (Wildman–Crippen LogP) is 2.50. The zero-order chi connectivity index (χ0) is 13.2. The molecule has 0 aliphatic carbocycles. The van der Waals surface area contributed by atoms with Crippen LogP contribution in [0.4, 0.5) is 18.9 Å². The van der Waals surface area contributed by atoms with Crippen LogP contribution in [0.15, 0.2) is 6.07 Å². The molecular weight excluding hydrogens is 360 g/mol. The number of hydrogen-bond acceptors (Lipinski definition) is 5. The van der Waals surface area contributed by atoms with Gasteiger partial charge < -0.3 is 9.47 Å². The third-order valence-electron chi connectivity index (χ3n) is 1.51. The lowest BCUT2D eigenvalue weighted by Crippen LogP contribution is -2.19. The van der Waals surface area contributed by atoms with E-state index in [2.05, 4.69) is 14.5 Å². The fraction of sp³-hybridized carbons (Fsp3) is 0.286. The van der Waals surface area contributed by atoms with E-state index in [0.717, 1.165) is 6.07 Å². The lowest BCUT2D eigenvalue weighted by atomic mass is 10.4. The minimum absolute atomic E-state index is 0.171. The molecule has 0 amide bonds. The molecule has 0 atom stereocenters. The Morgan fingerprint density at radius 2 is 2.12 bits per heavy atom. The number of halogens is 4. The molecule has 94 valence electrons. The summed E-state index contributed by atoms with van der Waals surface area (Å²) in [7, 11) is 1.19. The van der Waals surface area contributed by atoms with E-state index in [1.807, 2.05) is 0 Å². The fourth-order valence-electron chi connectivity index (χ4n) is 0.918. The zero-order valence-electron chi connectivity index (χ0n) is 8.12. The second kappa shape index (κ2) is 4.89. The number of rotatable bonds is 3. The summed E-state index contributed by atoms with van der Waals surface area (Å²) in [5, 5.41) is 10.6. The van der Waals surface area contributed by atoms with Gasteiger partial charge in [0.2, 0.25) is 11.6 Å². The Kier molecular flexibility index (Phi) is 3.95. The van der Waals surface area contributed by atoms with Crippen LogP contribution in [0.2, 0.25) is 0 Å². The summed E-state index contributed by atoms with van der Waals surface area (Å²) in [6.45, 7) is 0. The Labute approximate surface area is 106 Å². The van der Waals surface area contributed by atoms with Crippen LogP contribution in [0.3, 0.4) is 0 Å². The van der Waals surface area contributed by atoms with E-state index in [-0.39, 0.29) is 9.58 Å². The fourth-order valence-corrected chi connectivity index (χ4v) is 1.54. The molecular formula is C7H4F3IN2O4. The Hall–Kier alpha value is -1.33. The van der Waals surface area contributed by atoms with Crippen LogP contribution >= 0.6 is 22.6 Å². The van der Waals surface area contributed by atoms with Crippen molar-refractivity contribution in [2.75, 3.05) is 7.11 Å². The van der Waals surface area contributed by atoms with Gasteiger partial charge >= 0.3 is 12.0 Å². The van der Waals surface area contributed by atoms with E-state index in [1.54, 1.807) is 0 Å². The first-order chi connectivity index (χ1) is 7.74. The molecule has 0 saturated heterocycles. The molecule has 6 nitrogen and oxygen atoms in total. The Bertz CT molecular complexity index is 451. The third-order valence-corrected chi connectivity index (χ3v) is 2.24. The average Bonchev–Trinajstić information content (AvgIpc) is 2.18. The van der Waals surface area contributed by atoms with Crippen LogP contribution in [0.25, 0.3) is 0 Å². The standard InChI is InChI=1S/C7H4F3IN2O4/c1-16-4-2-3(13(14)15)5(6(11)12-4)17-7(8,9)10/h2H,1H3. The van der Waals surface area contributed by atoms with Crippen molar-refractivity contribution < 1.29 is 27.6 Å². The summed E-state index contributed by atoms with van der Waals surface area (Å²) >= 11 is 1.39. The minimum Gasteiger partial charge on any atom is -0.481 e. The number of hydrogen-bond donors (Lipinski definition) is 0. The SMILES string of the molecule is COc1cc([N+](=O)[O-])c(OC(F)(F)F)c(I)n1. The van der Waals surface area contributed by atoms with Gasteiger partial charge in [-0.25, -0.2) is 4.98 Å². The summed E-state index contributed by atoms with van der Waals surface area (Å²) in [5.41, 5.74) is -0.862. The molecule has 10 heteroatoms. The summed E-state index contributed by atoms with van der Waals surface area (Å²) in [5.74, 6) is -1.13. The van der Waals surface area contributed by atoms with Crippen molar-refractivity contribution in [3.63, 3.8) is 0 Å². The lowest BCUT2D eigenvalue weighted by Gasteiger charge is -2.10. The van der Waals surface area contributed by atoms with Crippen molar-refractivity contribution in [2.45, 2.75) is 6.36 Å². The molecule has 1 aromatic rings. The van der Waals surface area contributed by atoms with Crippen LogP contribution < -0.4 is 9.47 Å². The van der Waals surface area contributed by atoms with Crippen LogP contribution in [-0.4, -0.2) is 23.4 Å². The topological polar surface area (TPSA) is 74.5 Å². The maximum atomic E-state index is 12.0. The molecule has 0 N–H and O–H groups in total. The molecule has 0 spiro atoms. The molecule has 0 fully saturated rings. The van der Waals surface area contributed by atoms with Gasteiger partial charge in [-0.05, 0) is 22.6 Å². The highest BCUT2D eigenvalue weighted by atomic mass is 127. The number of aromatic nitrogens is 1. The molecule has 0 aliphatic rings. The van der Waals surface area contributed by atoms with E-state index >= 15 is 0 Å². The quantitative estimate of drug-likeness (QED) is 0.357. The number of ether oxygens (including phenoxy) is 2. The number of methoxy groups -OCH3 is 1. The number of alkyl halides is 3. The van der Waals surface area contributed by atoms with E-state index in [9.17, 15) is 23.3 Å². The van der Waals surface area contributed by atoms with Crippen molar-refractivity contribution >= 4 is 28.3 Å². The minimum atomic E-state index is -5.03.